The van der Waals surface area contributed by atoms with Gasteiger partial charge in [0.2, 0.25) is 0 Å². The second kappa shape index (κ2) is 6.14. The summed E-state index contributed by atoms with van der Waals surface area (Å²) in [4.78, 5) is 24.6. The minimum atomic E-state index is -1.35. The molecule has 0 aliphatic carbocycles. The molecule has 6 heteroatoms. The normalized spacial score (nSPS) is 15.3. The lowest BCUT2D eigenvalue weighted by Gasteiger charge is -2.30. The molecule has 2 aromatic rings. The zero-order chi connectivity index (χ0) is 16.4. The van der Waals surface area contributed by atoms with Gasteiger partial charge in [-0.3, -0.25) is 9.69 Å². The number of halogens is 1. The quantitative estimate of drug-likeness (QED) is 0.806. The molecule has 23 heavy (non-hydrogen) atoms. The molecule has 1 aliphatic rings. The van der Waals surface area contributed by atoms with E-state index in [2.05, 4.69) is 0 Å². The van der Waals surface area contributed by atoms with Crippen molar-refractivity contribution in [3.63, 3.8) is 0 Å². The van der Waals surface area contributed by atoms with Gasteiger partial charge < -0.3 is 14.6 Å². The van der Waals surface area contributed by atoms with Crippen molar-refractivity contribution in [1.29, 1.82) is 0 Å². The summed E-state index contributed by atoms with van der Waals surface area (Å²) < 4.78 is 5.61. The zero-order valence-corrected chi connectivity index (χ0v) is 12.6. The van der Waals surface area contributed by atoms with Crippen molar-refractivity contribution in [2.75, 3.05) is 11.4 Å². The number of rotatable bonds is 3. The molecule has 0 bridgehead atoms. The third kappa shape index (κ3) is 3.05. The number of hydrogen-bond donors (Lipinski definition) is 0. The van der Waals surface area contributed by atoms with E-state index < -0.39 is 18.4 Å². The minimum Gasteiger partial charge on any atom is -0.548 e. The number of aliphatic carboxylic acids is 1. The first-order valence-electron chi connectivity index (χ1n) is 6.81. The maximum Gasteiger partial charge on any atom is 0.294 e. The van der Waals surface area contributed by atoms with Crippen molar-refractivity contribution in [3.05, 3.63) is 64.9 Å². The summed E-state index contributed by atoms with van der Waals surface area (Å²) in [6.45, 7) is -0.556. The number of carbonyl (C=O) groups excluding carboxylic acids is 2. The van der Waals surface area contributed by atoms with E-state index in [4.69, 9.17) is 16.3 Å². The fraction of sp³-hybridized carbons (Fsp3) is 0.0588. The molecular formula is C17H11ClNO4-. The molecule has 0 aromatic heterocycles. The lowest BCUT2D eigenvalue weighted by Crippen LogP contribution is -2.44. The average Bonchev–Trinajstić information content (AvgIpc) is 2.53. The maximum absolute atomic E-state index is 12.5. The topological polar surface area (TPSA) is 69.7 Å². The minimum absolute atomic E-state index is 0.00181. The van der Waals surface area contributed by atoms with Crippen LogP contribution in [-0.2, 0) is 9.59 Å². The van der Waals surface area contributed by atoms with Gasteiger partial charge >= 0.3 is 0 Å². The molecule has 0 saturated heterocycles. The first kappa shape index (κ1) is 15.1. The SMILES string of the molecule is O=C([O-])CN1C(=O)C(=Cc2ccccc2Cl)Oc2ccccc21. The summed E-state index contributed by atoms with van der Waals surface area (Å²) in [5.41, 5.74) is 0.989. The van der Waals surface area contributed by atoms with Crippen LogP contribution in [-0.4, -0.2) is 18.4 Å². The Kier molecular flexibility index (Phi) is 4.04. The number of hydrogen-bond acceptors (Lipinski definition) is 4. The molecule has 0 saturated carbocycles. The summed E-state index contributed by atoms with van der Waals surface area (Å²) in [5.74, 6) is -1.52. The maximum atomic E-state index is 12.5. The van der Waals surface area contributed by atoms with Gasteiger partial charge in [-0.05, 0) is 29.8 Å². The van der Waals surface area contributed by atoms with Crippen molar-refractivity contribution < 1.29 is 19.4 Å². The molecular weight excluding hydrogens is 318 g/mol. The van der Waals surface area contributed by atoms with Crippen LogP contribution in [0.5, 0.6) is 5.75 Å². The third-order valence-corrected chi connectivity index (χ3v) is 3.66. The molecule has 0 atom stereocenters. The van der Waals surface area contributed by atoms with Crippen molar-refractivity contribution in [2.45, 2.75) is 0 Å². The van der Waals surface area contributed by atoms with Gasteiger partial charge in [0, 0.05) is 5.02 Å². The average molecular weight is 329 g/mol. The van der Waals surface area contributed by atoms with Gasteiger partial charge in [0.15, 0.2) is 11.5 Å². The van der Waals surface area contributed by atoms with Crippen molar-refractivity contribution in [2.24, 2.45) is 0 Å². The van der Waals surface area contributed by atoms with Crippen molar-refractivity contribution in [3.8, 4) is 5.75 Å². The van der Waals surface area contributed by atoms with Crippen molar-refractivity contribution in [1.82, 2.24) is 0 Å². The Morgan fingerprint density at radius 2 is 1.87 bits per heavy atom. The van der Waals surface area contributed by atoms with E-state index in [0.29, 0.717) is 22.0 Å². The van der Waals surface area contributed by atoms with Crippen LogP contribution >= 0.6 is 11.6 Å². The van der Waals surface area contributed by atoms with Gasteiger partial charge in [0.1, 0.15) is 0 Å². The smallest absolute Gasteiger partial charge is 0.294 e. The molecule has 1 heterocycles. The fourth-order valence-corrected chi connectivity index (χ4v) is 2.47. The van der Waals surface area contributed by atoms with E-state index in [1.807, 2.05) is 0 Å². The molecule has 0 N–H and O–H groups in total. The third-order valence-electron chi connectivity index (χ3n) is 3.31. The van der Waals surface area contributed by atoms with Gasteiger partial charge in [-0.15, -0.1) is 0 Å². The molecule has 3 rings (SSSR count). The van der Waals surface area contributed by atoms with Crippen LogP contribution < -0.4 is 14.7 Å². The second-order valence-electron chi connectivity index (χ2n) is 4.86. The monoisotopic (exact) mass is 328 g/mol. The van der Waals surface area contributed by atoms with E-state index in [9.17, 15) is 14.7 Å². The first-order chi connectivity index (χ1) is 11.1. The molecule has 2 aromatic carbocycles. The van der Waals surface area contributed by atoms with Gasteiger partial charge in [-0.25, -0.2) is 0 Å². The molecule has 116 valence electrons. The van der Waals surface area contributed by atoms with E-state index in [1.54, 1.807) is 48.5 Å². The summed E-state index contributed by atoms with van der Waals surface area (Å²) >= 11 is 6.08. The summed E-state index contributed by atoms with van der Waals surface area (Å²) in [6, 6.07) is 13.7. The van der Waals surface area contributed by atoms with Crippen LogP contribution in [0.25, 0.3) is 6.08 Å². The summed E-state index contributed by atoms with van der Waals surface area (Å²) in [5, 5.41) is 11.4. The lowest BCUT2D eigenvalue weighted by molar-refractivity contribution is -0.303. The largest absolute Gasteiger partial charge is 0.548 e. The Hall–Kier alpha value is -2.79. The van der Waals surface area contributed by atoms with Crippen LogP contribution in [0.4, 0.5) is 5.69 Å². The van der Waals surface area contributed by atoms with Gasteiger partial charge in [-0.2, -0.15) is 0 Å². The first-order valence-corrected chi connectivity index (χ1v) is 7.19. The number of anilines is 1. The van der Waals surface area contributed by atoms with Crippen LogP contribution in [0.1, 0.15) is 5.56 Å². The number of para-hydroxylation sites is 2. The number of benzene rings is 2. The fourth-order valence-electron chi connectivity index (χ4n) is 2.28. The highest BCUT2D eigenvalue weighted by molar-refractivity contribution is 6.32. The van der Waals surface area contributed by atoms with Gasteiger partial charge in [0.05, 0.1) is 18.2 Å². The van der Waals surface area contributed by atoms with E-state index in [-0.39, 0.29) is 5.76 Å². The molecule has 1 amide bonds. The summed E-state index contributed by atoms with van der Waals surface area (Å²) in [7, 11) is 0. The number of nitrogens with zero attached hydrogens (tertiary/aromatic N) is 1. The highest BCUT2D eigenvalue weighted by Gasteiger charge is 2.30. The molecule has 0 fully saturated rings. The van der Waals surface area contributed by atoms with E-state index in [1.165, 1.54) is 6.08 Å². The second-order valence-corrected chi connectivity index (χ2v) is 5.27. The standard InChI is InChI=1S/C17H12ClNO4/c18-12-6-2-1-5-11(12)9-15-17(22)19(10-16(20)21)13-7-3-4-8-14(13)23-15/h1-9H,10H2,(H,20,21)/p-1. The number of carboxylic acid groups (broad SMARTS) is 1. The molecule has 1 aliphatic heterocycles. The molecule has 0 spiro atoms. The number of carbonyl (C=O) groups is 2. The predicted octanol–water partition coefficient (Wildman–Crippen LogP) is 1.86. The predicted molar refractivity (Wildman–Crippen MR) is 83.9 cm³/mol. The molecule has 0 radical (unpaired) electrons. The van der Waals surface area contributed by atoms with E-state index >= 15 is 0 Å². The Morgan fingerprint density at radius 3 is 2.61 bits per heavy atom. The molecule has 5 nitrogen and oxygen atoms in total. The highest BCUT2D eigenvalue weighted by atomic mass is 35.5. The Bertz CT molecular complexity index is 816. The van der Waals surface area contributed by atoms with Gasteiger partial charge in [-0.1, -0.05) is 41.9 Å². The Labute approximate surface area is 137 Å². The number of ether oxygens (including phenoxy) is 1. The zero-order valence-electron chi connectivity index (χ0n) is 11.9. The van der Waals surface area contributed by atoms with Crippen LogP contribution in [0.3, 0.4) is 0 Å². The van der Waals surface area contributed by atoms with E-state index in [0.717, 1.165) is 4.90 Å². The Morgan fingerprint density at radius 1 is 1.17 bits per heavy atom. The number of fused-ring (bicyclic) bond motifs is 1. The Balaban J connectivity index is 2.06. The molecule has 0 unspecified atom stereocenters. The van der Waals surface area contributed by atoms with Crippen molar-refractivity contribution >= 4 is 35.2 Å². The van der Waals surface area contributed by atoms with Gasteiger partial charge in [0.25, 0.3) is 5.91 Å². The van der Waals surface area contributed by atoms with Crippen LogP contribution in [0.2, 0.25) is 5.02 Å². The summed E-state index contributed by atoms with van der Waals surface area (Å²) in [6.07, 6.45) is 1.49. The number of carboxylic acids is 1. The highest BCUT2D eigenvalue weighted by Crippen LogP contribution is 2.35. The number of amides is 1. The lowest BCUT2D eigenvalue weighted by atomic mass is 10.1. The van der Waals surface area contributed by atoms with Crippen LogP contribution in [0.15, 0.2) is 54.3 Å². The van der Waals surface area contributed by atoms with Crippen LogP contribution in [0, 0.1) is 0 Å².